The van der Waals surface area contributed by atoms with E-state index >= 15 is 0 Å². The van der Waals surface area contributed by atoms with Crippen LogP contribution in [0.3, 0.4) is 0 Å². The molecule has 0 spiro atoms. The predicted molar refractivity (Wildman–Crippen MR) is 107 cm³/mol. The fourth-order valence-corrected chi connectivity index (χ4v) is 3.17. The summed E-state index contributed by atoms with van der Waals surface area (Å²) >= 11 is 0. The van der Waals surface area contributed by atoms with Gasteiger partial charge in [-0.15, -0.1) is 24.0 Å². The number of halogens is 1. The van der Waals surface area contributed by atoms with Gasteiger partial charge in [0.25, 0.3) is 0 Å². The van der Waals surface area contributed by atoms with E-state index in [4.69, 9.17) is 0 Å². The lowest BCUT2D eigenvalue weighted by atomic mass is 10.2. The number of pyridine rings is 1. The Labute approximate surface area is 157 Å². The van der Waals surface area contributed by atoms with E-state index < -0.39 is 0 Å². The Morgan fingerprint density at radius 3 is 2.78 bits per heavy atom. The van der Waals surface area contributed by atoms with Crippen molar-refractivity contribution >= 4 is 29.9 Å². The first kappa shape index (κ1) is 20.2. The highest BCUT2D eigenvalue weighted by atomic mass is 127. The summed E-state index contributed by atoms with van der Waals surface area (Å²) in [6.45, 7) is 11.7. The van der Waals surface area contributed by atoms with E-state index in [1.165, 1.54) is 12.0 Å². The van der Waals surface area contributed by atoms with Crippen molar-refractivity contribution < 1.29 is 0 Å². The van der Waals surface area contributed by atoms with Gasteiger partial charge in [0.15, 0.2) is 5.96 Å². The summed E-state index contributed by atoms with van der Waals surface area (Å²) in [5.41, 5.74) is 2.30. The monoisotopic (exact) mass is 431 g/mol. The number of nitrogens with one attached hydrogen (secondary N) is 1. The Bertz CT molecular complexity index is 502. The van der Waals surface area contributed by atoms with Crippen molar-refractivity contribution in [3.63, 3.8) is 0 Å². The van der Waals surface area contributed by atoms with E-state index in [1.54, 1.807) is 0 Å². The molecule has 0 aromatic carbocycles. The normalized spacial score (nSPS) is 18.2. The Kier molecular flexibility index (Phi) is 8.83. The lowest BCUT2D eigenvalue weighted by molar-refractivity contribution is 0.223. The van der Waals surface area contributed by atoms with Crippen molar-refractivity contribution in [1.29, 1.82) is 0 Å². The molecule has 2 rings (SSSR count). The van der Waals surface area contributed by atoms with Gasteiger partial charge in [-0.05, 0) is 38.1 Å². The molecular formula is C17H30IN5. The third-order valence-corrected chi connectivity index (χ3v) is 4.54. The summed E-state index contributed by atoms with van der Waals surface area (Å²) < 4.78 is 0. The molecule has 1 aromatic heterocycles. The van der Waals surface area contributed by atoms with E-state index in [0.29, 0.717) is 6.04 Å². The summed E-state index contributed by atoms with van der Waals surface area (Å²) in [4.78, 5) is 13.8. The van der Waals surface area contributed by atoms with Crippen molar-refractivity contribution in [3.05, 3.63) is 29.6 Å². The molecule has 1 atom stereocenters. The van der Waals surface area contributed by atoms with Gasteiger partial charge >= 0.3 is 0 Å². The molecule has 0 radical (unpaired) electrons. The van der Waals surface area contributed by atoms with Gasteiger partial charge in [0.2, 0.25) is 0 Å². The minimum Gasteiger partial charge on any atom is -0.351 e. The van der Waals surface area contributed by atoms with Crippen molar-refractivity contribution in [3.8, 4) is 0 Å². The fourth-order valence-electron chi connectivity index (χ4n) is 3.17. The lowest BCUT2D eigenvalue weighted by Gasteiger charge is -2.27. The third-order valence-electron chi connectivity index (χ3n) is 4.54. The van der Waals surface area contributed by atoms with Crippen molar-refractivity contribution in [2.24, 2.45) is 4.99 Å². The molecule has 1 aliphatic rings. The second kappa shape index (κ2) is 10.1. The minimum absolute atomic E-state index is 0. The highest BCUT2D eigenvalue weighted by molar-refractivity contribution is 14.0. The topological polar surface area (TPSA) is 43.8 Å². The van der Waals surface area contributed by atoms with Crippen LogP contribution in [0.4, 0.5) is 0 Å². The molecule has 1 aliphatic heterocycles. The molecule has 2 heterocycles. The van der Waals surface area contributed by atoms with Crippen molar-refractivity contribution in [2.75, 3.05) is 33.2 Å². The molecule has 1 aromatic rings. The van der Waals surface area contributed by atoms with Crippen LogP contribution in [-0.2, 0) is 6.54 Å². The summed E-state index contributed by atoms with van der Waals surface area (Å²) in [5.74, 6) is 0.986. The van der Waals surface area contributed by atoms with Crippen molar-refractivity contribution in [2.45, 2.75) is 39.8 Å². The number of likely N-dealkylation sites (tertiary alicyclic amines) is 1. The van der Waals surface area contributed by atoms with Gasteiger partial charge in [-0.3, -0.25) is 14.9 Å². The van der Waals surface area contributed by atoms with E-state index in [-0.39, 0.29) is 24.0 Å². The van der Waals surface area contributed by atoms with Gasteiger partial charge in [0, 0.05) is 32.4 Å². The largest absolute Gasteiger partial charge is 0.351 e. The minimum atomic E-state index is 0. The zero-order valence-electron chi connectivity index (χ0n) is 14.7. The van der Waals surface area contributed by atoms with Crippen LogP contribution in [0.2, 0.25) is 0 Å². The van der Waals surface area contributed by atoms with Gasteiger partial charge in [0.05, 0.1) is 12.2 Å². The maximum Gasteiger partial charge on any atom is 0.194 e. The third kappa shape index (κ3) is 5.31. The second-order valence-corrected chi connectivity index (χ2v) is 5.78. The van der Waals surface area contributed by atoms with Crippen LogP contribution in [-0.4, -0.2) is 60.0 Å². The number of hydrogen-bond acceptors (Lipinski definition) is 3. The van der Waals surface area contributed by atoms with Crippen LogP contribution in [0.15, 0.2) is 23.3 Å². The van der Waals surface area contributed by atoms with E-state index in [0.717, 1.165) is 44.4 Å². The number of hydrogen-bond donors (Lipinski definition) is 1. The maximum atomic E-state index is 4.45. The number of aliphatic imine (C=N–C) groups is 1. The Morgan fingerprint density at radius 2 is 2.17 bits per heavy atom. The number of aryl methyl sites for hydroxylation is 1. The molecule has 0 saturated carbocycles. The molecular weight excluding hydrogens is 401 g/mol. The molecule has 130 valence electrons. The molecule has 1 fully saturated rings. The van der Waals surface area contributed by atoms with Crippen LogP contribution in [0.25, 0.3) is 0 Å². The Balaban J connectivity index is 0.00000264. The van der Waals surface area contributed by atoms with Crippen LogP contribution < -0.4 is 5.32 Å². The average Bonchev–Trinajstić information content (AvgIpc) is 3.00. The van der Waals surface area contributed by atoms with E-state index in [1.807, 2.05) is 19.3 Å². The summed E-state index contributed by atoms with van der Waals surface area (Å²) in [7, 11) is 1.86. The standard InChI is InChI=1S/C17H29N5.HI/c1-5-21(6-2)15-9-11-22(13-15)17(18-4)20-12-16-14(3)8-7-10-19-16;/h7-8,10,15H,5-6,9,11-13H2,1-4H3,(H,18,20);1H. The predicted octanol–water partition coefficient (Wildman–Crippen LogP) is 2.50. The zero-order valence-corrected chi connectivity index (χ0v) is 17.1. The van der Waals surface area contributed by atoms with Gasteiger partial charge in [-0.25, -0.2) is 0 Å². The quantitative estimate of drug-likeness (QED) is 0.442. The Morgan fingerprint density at radius 1 is 1.43 bits per heavy atom. The first-order valence-corrected chi connectivity index (χ1v) is 8.29. The van der Waals surface area contributed by atoms with E-state index in [9.17, 15) is 0 Å². The van der Waals surface area contributed by atoms with Crippen LogP contribution >= 0.6 is 24.0 Å². The molecule has 1 unspecified atom stereocenters. The molecule has 6 heteroatoms. The second-order valence-electron chi connectivity index (χ2n) is 5.78. The SMILES string of the molecule is CCN(CC)C1CCN(C(=NC)NCc2ncccc2C)C1.I. The number of nitrogens with zero attached hydrogens (tertiary/aromatic N) is 4. The molecule has 1 saturated heterocycles. The number of rotatable bonds is 5. The van der Waals surface area contributed by atoms with Gasteiger partial charge in [-0.2, -0.15) is 0 Å². The first-order chi connectivity index (χ1) is 10.7. The molecule has 0 amide bonds. The molecule has 5 nitrogen and oxygen atoms in total. The fraction of sp³-hybridized carbons (Fsp3) is 0.647. The van der Waals surface area contributed by atoms with Gasteiger partial charge in [0.1, 0.15) is 0 Å². The highest BCUT2D eigenvalue weighted by Gasteiger charge is 2.27. The highest BCUT2D eigenvalue weighted by Crippen LogP contribution is 2.15. The molecule has 1 N–H and O–H groups in total. The Hall–Kier alpha value is -0.890. The van der Waals surface area contributed by atoms with Crippen LogP contribution in [0.5, 0.6) is 0 Å². The van der Waals surface area contributed by atoms with Gasteiger partial charge < -0.3 is 10.2 Å². The summed E-state index contributed by atoms with van der Waals surface area (Å²) in [6.07, 6.45) is 3.06. The number of aromatic nitrogens is 1. The molecule has 0 bridgehead atoms. The molecule has 0 aliphatic carbocycles. The average molecular weight is 431 g/mol. The smallest absolute Gasteiger partial charge is 0.194 e. The summed E-state index contributed by atoms with van der Waals surface area (Å²) in [6, 6.07) is 4.71. The van der Waals surface area contributed by atoms with Crippen molar-refractivity contribution in [1.82, 2.24) is 20.1 Å². The number of guanidine groups is 1. The first-order valence-electron chi connectivity index (χ1n) is 8.29. The zero-order chi connectivity index (χ0) is 15.9. The molecule has 23 heavy (non-hydrogen) atoms. The van der Waals surface area contributed by atoms with Crippen LogP contribution in [0, 0.1) is 6.92 Å². The number of likely N-dealkylation sites (N-methyl/N-ethyl adjacent to an activating group) is 1. The van der Waals surface area contributed by atoms with E-state index in [2.05, 4.69) is 51.9 Å². The van der Waals surface area contributed by atoms with Gasteiger partial charge in [-0.1, -0.05) is 19.9 Å². The summed E-state index contributed by atoms with van der Waals surface area (Å²) in [5, 5.41) is 3.46. The maximum absolute atomic E-state index is 4.45. The van der Waals surface area contributed by atoms with Crippen LogP contribution in [0.1, 0.15) is 31.5 Å². The lowest BCUT2D eigenvalue weighted by Crippen LogP contribution is -2.43.